The van der Waals surface area contributed by atoms with E-state index in [1.807, 2.05) is 0 Å². The highest BCUT2D eigenvalue weighted by Gasteiger charge is 2.42. The van der Waals surface area contributed by atoms with Gasteiger partial charge < -0.3 is 10.0 Å². The summed E-state index contributed by atoms with van der Waals surface area (Å²) in [7, 11) is 0. The molecule has 1 saturated carbocycles. The van der Waals surface area contributed by atoms with Gasteiger partial charge in [-0.3, -0.25) is 4.79 Å². The van der Waals surface area contributed by atoms with Crippen molar-refractivity contribution in [3.63, 3.8) is 0 Å². The van der Waals surface area contributed by atoms with Crippen LogP contribution in [0, 0.1) is 5.82 Å². The minimum Gasteiger partial charge on any atom is -0.394 e. The second-order valence-corrected chi connectivity index (χ2v) is 6.36. The first-order valence-corrected chi connectivity index (χ1v) is 8.16. The van der Waals surface area contributed by atoms with Crippen LogP contribution in [0.25, 0.3) is 0 Å². The number of likely N-dealkylation sites (tertiary alicyclic amines) is 1. The third kappa shape index (κ3) is 2.56. The first-order valence-electron chi connectivity index (χ1n) is 8.16. The Labute approximate surface area is 138 Å². The number of amides is 1. The Morgan fingerprint density at radius 1 is 1.21 bits per heavy atom. The zero-order valence-corrected chi connectivity index (χ0v) is 13.0. The number of hydrogen-bond donors (Lipinski definition) is 1. The second kappa shape index (κ2) is 5.94. The fourth-order valence-electron chi connectivity index (χ4n) is 3.36. The topological polar surface area (TPSA) is 84.1 Å². The molecule has 1 N–H and O–H groups in total. The Kier molecular flexibility index (Phi) is 3.76. The van der Waals surface area contributed by atoms with E-state index in [9.17, 15) is 14.3 Å². The van der Waals surface area contributed by atoms with Gasteiger partial charge in [-0.1, -0.05) is 0 Å². The smallest absolute Gasteiger partial charge is 0.254 e. The number of hydrogen-bond acceptors (Lipinski definition) is 5. The van der Waals surface area contributed by atoms with Crippen LogP contribution in [0.4, 0.5) is 4.39 Å². The third-order valence-electron chi connectivity index (χ3n) is 4.75. The van der Waals surface area contributed by atoms with Gasteiger partial charge in [-0.05, 0) is 60.4 Å². The molecule has 0 bridgehead atoms. The fraction of sp³-hybridized carbons (Fsp3) is 0.500. The summed E-state index contributed by atoms with van der Waals surface area (Å²) in [6.45, 7) is -0.117. The standard InChI is InChI=1S/C16H18FN5O2/c17-11-3-1-10(2-4-11)16(24)21-13(9-23)7-8-14(21)15-18-19-20-22(15)12-5-6-12/h1-4,12-14,23H,5-9H2/t13-,14-/m0/s1. The van der Waals surface area contributed by atoms with E-state index in [1.165, 1.54) is 24.3 Å². The highest BCUT2D eigenvalue weighted by Crippen LogP contribution is 2.40. The Balaban J connectivity index is 1.67. The van der Waals surface area contributed by atoms with E-state index in [1.54, 1.807) is 9.58 Å². The van der Waals surface area contributed by atoms with Crippen LogP contribution in [-0.4, -0.2) is 48.8 Å². The van der Waals surface area contributed by atoms with Crippen molar-refractivity contribution < 1.29 is 14.3 Å². The summed E-state index contributed by atoms with van der Waals surface area (Å²) in [5.41, 5.74) is 0.396. The molecule has 7 nitrogen and oxygen atoms in total. The highest BCUT2D eigenvalue weighted by molar-refractivity contribution is 5.94. The molecule has 8 heteroatoms. The Morgan fingerprint density at radius 3 is 2.62 bits per heavy atom. The summed E-state index contributed by atoms with van der Waals surface area (Å²) < 4.78 is 14.9. The van der Waals surface area contributed by atoms with Gasteiger partial charge in [0, 0.05) is 5.56 Å². The predicted molar refractivity (Wildman–Crippen MR) is 81.5 cm³/mol. The molecule has 2 aliphatic rings. The molecule has 1 aromatic carbocycles. The number of nitrogens with zero attached hydrogens (tertiary/aromatic N) is 5. The number of carbonyl (C=O) groups is 1. The minimum atomic E-state index is -0.388. The molecule has 2 atom stereocenters. The number of aliphatic hydroxyl groups is 1. The zero-order chi connectivity index (χ0) is 16.7. The first kappa shape index (κ1) is 15.2. The summed E-state index contributed by atoms with van der Waals surface area (Å²) in [4.78, 5) is 14.6. The molecular formula is C16H18FN5O2. The number of tetrazole rings is 1. The summed E-state index contributed by atoms with van der Waals surface area (Å²) in [6, 6.07) is 5.22. The predicted octanol–water partition coefficient (Wildman–Crippen LogP) is 1.49. The molecule has 2 aromatic rings. The third-order valence-corrected chi connectivity index (χ3v) is 4.75. The van der Waals surface area contributed by atoms with E-state index in [0.29, 0.717) is 30.3 Å². The van der Waals surface area contributed by atoms with Gasteiger partial charge in [0.05, 0.1) is 24.7 Å². The lowest BCUT2D eigenvalue weighted by atomic mass is 10.1. The SMILES string of the molecule is O=C(c1ccc(F)cc1)N1[C@H](CO)CC[C@H]1c1nnnn1C1CC1. The summed E-state index contributed by atoms with van der Waals surface area (Å²) in [6.07, 6.45) is 3.47. The Morgan fingerprint density at radius 2 is 1.96 bits per heavy atom. The molecule has 1 aliphatic heterocycles. The quantitative estimate of drug-likeness (QED) is 0.917. The van der Waals surface area contributed by atoms with Crippen LogP contribution >= 0.6 is 0 Å². The van der Waals surface area contributed by atoms with E-state index in [2.05, 4.69) is 15.5 Å². The molecule has 126 valence electrons. The van der Waals surface area contributed by atoms with Gasteiger partial charge in [-0.25, -0.2) is 9.07 Å². The van der Waals surface area contributed by atoms with Crippen molar-refractivity contribution in [2.75, 3.05) is 6.61 Å². The van der Waals surface area contributed by atoms with Crippen molar-refractivity contribution in [1.82, 2.24) is 25.1 Å². The van der Waals surface area contributed by atoms with Crippen molar-refractivity contribution in [3.8, 4) is 0 Å². The van der Waals surface area contributed by atoms with Crippen LogP contribution in [-0.2, 0) is 0 Å². The van der Waals surface area contributed by atoms with Crippen molar-refractivity contribution >= 4 is 5.91 Å². The van der Waals surface area contributed by atoms with Crippen molar-refractivity contribution in [2.24, 2.45) is 0 Å². The maximum Gasteiger partial charge on any atom is 0.254 e. The van der Waals surface area contributed by atoms with Crippen LogP contribution in [0.5, 0.6) is 0 Å². The Bertz CT molecular complexity index is 743. The minimum absolute atomic E-state index is 0.117. The van der Waals surface area contributed by atoms with Crippen molar-refractivity contribution in [2.45, 2.75) is 43.8 Å². The van der Waals surface area contributed by atoms with Gasteiger partial charge in [0.1, 0.15) is 5.82 Å². The van der Waals surface area contributed by atoms with Gasteiger partial charge in [0.2, 0.25) is 0 Å². The molecule has 1 saturated heterocycles. The normalized spacial score (nSPS) is 23.7. The van der Waals surface area contributed by atoms with Crippen molar-refractivity contribution in [1.29, 1.82) is 0 Å². The van der Waals surface area contributed by atoms with Gasteiger partial charge in [-0.2, -0.15) is 0 Å². The van der Waals surface area contributed by atoms with Crippen LogP contribution < -0.4 is 0 Å². The largest absolute Gasteiger partial charge is 0.394 e. The molecule has 0 radical (unpaired) electrons. The van der Waals surface area contributed by atoms with Crippen molar-refractivity contribution in [3.05, 3.63) is 41.5 Å². The maximum absolute atomic E-state index is 13.1. The lowest BCUT2D eigenvalue weighted by molar-refractivity contribution is 0.0582. The molecule has 0 spiro atoms. The van der Waals surface area contributed by atoms with Gasteiger partial charge in [0.15, 0.2) is 5.82 Å². The average Bonchev–Trinajstić information content (AvgIpc) is 3.17. The van der Waals surface area contributed by atoms with Gasteiger partial charge in [-0.15, -0.1) is 5.10 Å². The molecule has 2 heterocycles. The number of carbonyl (C=O) groups excluding carboxylic acids is 1. The van der Waals surface area contributed by atoms with Gasteiger partial charge >= 0.3 is 0 Å². The van der Waals surface area contributed by atoms with E-state index < -0.39 is 0 Å². The van der Waals surface area contributed by atoms with E-state index in [-0.39, 0.29) is 30.4 Å². The van der Waals surface area contributed by atoms with E-state index >= 15 is 0 Å². The van der Waals surface area contributed by atoms with Crippen LogP contribution in [0.3, 0.4) is 0 Å². The number of rotatable bonds is 4. The number of benzene rings is 1. The number of aromatic nitrogens is 4. The van der Waals surface area contributed by atoms with Gasteiger partial charge in [0.25, 0.3) is 5.91 Å². The highest BCUT2D eigenvalue weighted by atomic mass is 19.1. The Hall–Kier alpha value is -2.35. The van der Waals surface area contributed by atoms with E-state index in [4.69, 9.17) is 0 Å². The lowest BCUT2D eigenvalue weighted by Crippen LogP contribution is -2.40. The molecule has 24 heavy (non-hydrogen) atoms. The molecule has 2 fully saturated rings. The average molecular weight is 331 g/mol. The van der Waals surface area contributed by atoms with Crippen LogP contribution in [0.1, 0.15) is 53.9 Å². The second-order valence-electron chi connectivity index (χ2n) is 6.36. The molecule has 1 amide bonds. The molecule has 1 aliphatic carbocycles. The molecular weight excluding hydrogens is 313 g/mol. The van der Waals surface area contributed by atoms with E-state index in [0.717, 1.165) is 12.8 Å². The fourth-order valence-corrected chi connectivity index (χ4v) is 3.36. The number of aliphatic hydroxyl groups excluding tert-OH is 1. The molecule has 1 aromatic heterocycles. The summed E-state index contributed by atoms with van der Waals surface area (Å²) in [5, 5.41) is 21.6. The van der Waals surface area contributed by atoms with Crippen LogP contribution in [0.2, 0.25) is 0 Å². The molecule has 0 unspecified atom stereocenters. The summed E-state index contributed by atoms with van der Waals surface area (Å²) >= 11 is 0. The first-order chi connectivity index (χ1) is 11.7. The zero-order valence-electron chi connectivity index (χ0n) is 13.0. The lowest BCUT2D eigenvalue weighted by Gasteiger charge is -2.29. The van der Waals surface area contributed by atoms with Crippen LogP contribution in [0.15, 0.2) is 24.3 Å². The maximum atomic E-state index is 13.1. The molecule has 4 rings (SSSR count). The summed E-state index contributed by atoms with van der Waals surface area (Å²) in [5.74, 6) is 0.0479. The number of halogens is 1. The monoisotopic (exact) mass is 331 g/mol.